The van der Waals surface area contributed by atoms with Crippen molar-refractivity contribution in [3.63, 3.8) is 0 Å². The van der Waals surface area contributed by atoms with Gasteiger partial charge in [-0.1, -0.05) is 25.7 Å². The van der Waals surface area contributed by atoms with E-state index in [0.29, 0.717) is 14.1 Å². The summed E-state index contributed by atoms with van der Waals surface area (Å²) in [6.45, 7) is 0. The van der Waals surface area contributed by atoms with Crippen LogP contribution in [0.15, 0.2) is 0 Å². The van der Waals surface area contributed by atoms with Crippen LogP contribution in [-0.2, 0) is 0 Å². The van der Waals surface area contributed by atoms with Gasteiger partial charge in [0, 0.05) is 18.3 Å². The molecule has 1 aliphatic carbocycles. The van der Waals surface area contributed by atoms with Crippen LogP contribution in [0.3, 0.4) is 0 Å². The maximum Gasteiger partial charge on any atom is 0.185 e. The molecule has 0 aromatic rings. The summed E-state index contributed by atoms with van der Waals surface area (Å²) in [6, 6.07) is 0. The molecule has 48 valence electrons. The van der Waals surface area contributed by atoms with Crippen LogP contribution in [0.1, 0.15) is 25.7 Å². The second-order valence-electron chi connectivity index (χ2n) is 2.49. The Kier molecular flexibility index (Phi) is 3.17. The van der Waals surface area contributed by atoms with Gasteiger partial charge in [0.15, 0.2) is 8.56 Å². The summed E-state index contributed by atoms with van der Waals surface area (Å²) in [7, 11) is 3.06. The summed E-state index contributed by atoms with van der Waals surface area (Å²) in [5, 5.41) is 0. The van der Waals surface area contributed by atoms with Gasteiger partial charge in [-0.3, -0.25) is 0 Å². The van der Waals surface area contributed by atoms with Gasteiger partial charge >= 0.3 is 0 Å². The molecule has 0 unspecified atom stereocenters. The average molecular weight is 170 g/mol. The molecule has 0 spiro atoms. The van der Waals surface area contributed by atoms with Crippen LogP contribution in [0.2, 0.25) is 5.54 Å². The minimum atomic E-state index is -0.965. The second-order valence-corrected chi connectivity index (χ2v) is 8.87. The second kappa shape index (κ2) is 3.70. The van der Waals surface area contributed by atoms with Crippen molar-refractivity contribution in [2.75, 3.05) is 0 Å². The first-order chi connectivity index (χ1) is 4.34. The zero-order chi connectivity index (χ0) is 6.69. The molecule has 4 heteroatoms. The SMILES string of the molecule is O[Si]([Si][Si])C1CCCC1. The van der Waals surface area contributed by atoms with Crippen molar-refractivity contribution >= 4 is 26.9 Å². The molecule has 0 heterocycles. The third-order valence-corrected chi connectivity index (χ3v) is 7.78. The lowest BCUT2D eigenvalue weighted by Crippen LogP contribution is -2.27. The maximum atomic E-state index is 9.42. The van der Waals surface area contributed by atoms with Gasteiger partial charge in [0.2, 0.25) is 0 Å². The molecule has 0 aromatic heterocycles. The first-order valence-corrected chi connectivity index (χ1v) is 8.35. The standard InChI is InChI=1S/C5H10OSi3/c6-9(8-7)5-3-1-2-4-5/h5-6H,1-4H2. The fourth-order valence-corrected chi connectivity index (χ4v) is 5.78. The Balaban J connectivity index is 2.24. The molecule has 0 saturated heterocycles. The highest BCUT2D eigenvalue weighted by molar-refractivity contribution is 7.29. The van der Waals surface area contributed by atoms with Crippen molar-refractivity contribution in [2.45, 2.75) is 31.2 Å². The highest BCUT2D eigenvalue weighted by Crippen LogP contribution is 2.30. The Hall–Kier alpha value is 0.611. The van der Waals surface area contributed by atoms with Gasteiger partial charge in [0.1, 0.15) is 0 Å². The Labute approximate surface area is 63.4 Å². The molecule has 9 heavy (non-hydrogen) atoms. The van der Waals surface area contributed by atoms with Crippen molar-refractivity contribution < 1.29 is 4.80 Å². The molecule has 0 atom stereocenters. The molecule has 0 aromatic carbocycles. The summed E-state index contributed by atoms with van der Waals surface area (Å²) in [5.74, 6) is 0. The molecule has 0 amide bonds. The summed E-state index contributed by atoms with van der Waals surface area (Å²) in [5.41, 5.74) is 0.700. The molecule has 0 aliphatic heterocycles. The highest BCUT2D eigenvalue weighted by Gasteiger charge is 2.23. The van der Waals surface area contributed by atoms with Crippen molar-refractivity contribution in [2.24, 2.45) is 0 Å². The van der Waals surface area contributed by atoms with Gasteiger partial charge in [-0.05, 0) is 5.54 Å². The van der Waals surface area contributed by atoms with Gasteiger partial charge < -0.3 is 4.80 Å². The molecule has 1 N–H and O–H groups in total. The van der Waals surface area contributed by atoms with Gasteiger partial charge in [0.25, 0.3) is 0 Å². The zero-order valence-corrected chi connectivity index (χ0v) is 8.35. The highest BCUT2D eigenvalue weighted by atomic mass is 29.5. The van der Waals surface area contributed by atoms with E-state index >= 15 is 0 Å². The lowest BCUT2D eigenvalue weighted by atomic mass is 10.4. The molecule has 6 radical (unpaired) electrons. The fourth-order valence-electron chi connectivity index (χ4n) is 1.30. The lowest BCUT2D eigenvalue weighted by molar-refractivity contribution is 0.564. The van der Waals surface area contributed by atoms with E-state index in [4.69, 9.17) is 0 Å². The van der Waals surface area contributed by atoms with Crippen LogP contribution < -0.4 is 0 Å². The number of hydrogen-bond acceptors (Lipinski definition) is 1. The summed E-state index contributed by atoms with van der Waals surface area (Å²) in [6.07, 6.45) is 5.25. The summed E-state index contributed by atoms with van der Waals surface area (Å²) < 4.78 is 0. The molecule has 1 nitrogen and oxygen atoms in total. The zero-order valence-electron chi connectivity index (χ0n) is 5.35. The van der Waals surface area contributed by atoms with Crippen molar-refractivity contribution in [1.82, 2.24) is 0 Å². The van der Waals surface area contributed by atoms with Gasteiger partial charge in [-0.15, -0.1) is 0 Å². The van der Waals surface area contributed by atoms with Gasteiger partial charge in [-0.2, -0.15) is 0 Å². The topological polar surface area (TPSA) is 20.2 Å². The van der Waals surface area contributed by atoms with Crippen LogP contribution in [-0.4, -0.2) is 31.7 Å². The predicted molar refractivity (Wildman–Crippen MR) is 41.7 cm³/mol. The minimum Gasteiger partial charge on any atom is -0.435 e. The molecular weight excluding hydrogens is 160 g/mol. The van der Waals surface area contributed by atoms with Crippen LogP contribution in [0.4, 0.5) is 0 Å². The Morgan fingerprint density at radius 3 is 2.44 bits per heavy atom. The van der Waals surface area contributed by atoms with Crippen molar-refractivity contribution in [1.29, 1.82) is 0 Å². The lowest BCUT2D eigenvalue weighted by Gasteiger charge is -2.10. The van der Waals surface area contributed by atoms with E-state index in [0.717, 1.165) is 0 Å². The van der Waals surface area contributed by atoms with Crippen molar-refractivity contribution in [3.05, 3.63) is 0 Å². The molecule has 1 aliphatic rings. The quantitative estimate of drug-likeness (QED) is 0.587. The first kappa shape index (κ1) is 7.71. The van der Waals surface area contributed by atoms with Crippen LogP contribution in [0.25, 0.3) is 0 Å². The Bertz CT molecular complexity index is 82.3. The normalized spacial score (nSPS) is 21.7. The summed E-state index contributed by atoms with van der Waals surface area (Å²) in [4.78, 5) is 9.42. The van der Waals surface area contributed by atoms with Crippen molar-refractivity contribution in [3.8, 4) is 0 Å². The minimum absolute atomic E-state index is 0.628. The first-order valence-electron chi connectivity index (χ1n) is 3.33. The predicted octanol–water partition coefficient (Wildman–Crippen LogP) is 0.199. The van der Waals surface area contributed by atoms with Crippen LogP contribution in [0, 0.1) is 0 Å². The van der Waals surface area contributed by atoms with E-state index in [1.807, 2.05) is 0 Å². The third-order valence-electron chi connectivity index (χ3n) is 1.87. The van der Waals surface area contributed by atoms with Gasteiger partial charge in [0.05, 0.1) is 0 Å². The van der Waals surface area contributed by atoms with E-state index in [2.05, 4.69) is 9.76 Å². The number of hydrogen-bond donors (Lipinski definition) is 1. The van der Waals surface area contributed by atoms with E-state index in [9.17, 15) is 4.80 Å². The third kappa shape index (κ3) is 2.03. The van der Waals surface area contributed by atoms with Crippen LogP contribution in [0.5, 0.6) is 0 Å². The Morgan fingerprint density at radius 2 is 2.00 bits per heavy atom. The largest absolute Gasteiger partial charge is 0.435 e. The monoisotopic (exact) mass is 170 g/mol. The maximum absolute atomic E-state index is 9.42. The number of rotatable bonds is 2. The molecule has 0 bridgehead atoms. The Morgan fingerprint density at radius 1 is 1.44 bits per heavy atom. The molecule has 1 saturated carbocycles. The smallest absolute Gasteiger partial charge is 0.185 e. The van der Waals surface area contributed by atoms with Crippen LogP contribution >= 0.6 is 0 Å². The average Bonchev–Trinajstić information content (AvgIpc) is 2.37. The molecule has 1 rings (SSSR count). The molecular formula is C5H10OSi3. The van der Waals surface area contributed by atoms with E-state index in [-0.39, 0.29) is 0 Å². The molecule has 1 fully saturated rings. The van der Waals surface area contributed by atoms with E-state index in [1.165, 1.54) is 25.7 Å². The van der Waals surface area contributed by atoms with E-state index < -0.39 is 8.56 Å². The fraction of sp³-hybridized carbons (Fsp3) is 1.00. The summed E-state index contributed by atoms with van der Waals surface area (Å²) >= 11 is 0. The van der Waals surface area contributed by atoms with Gasteiger partial charge in [-0.25, -0.2) is 0 Å². The van der Waals surface area contributed by atoms with E-state index in [1.54, 1.807) is 0 Å².